The van der Waals surface area contributed by atoms with E-state index in [-0.39, 0.29) is 0 Å². The first kappa shape index (κ1) is 13.3. The van der Waals surface area contributed by atoms with Gasteiger partial charge in [-0.05, 0) is 19.5 Å². The minimum atomic E-state index is 0.363. The second-order valence-corrected chi connectivity index (χ2v) is 5.88. The molecule has 0 atom stereocenters. The molecule has 1 heterocycles. The molecule has 0 N–H and O–H groups in total. The van der Waals surface area contributed by atoms with Gasteiger partial charge in [-0.15, -0.1) is 0 Å². The molecule has 1 aromatic rings. The summed E-state index contributed by atoms with van der Waals surface area (Å²) in [4.78, 5) is 2.39. The number of likely N-dealkylation sites (N-methyl/N-ethyl adjacent to an activating group) is 1. The quantitative estimate of drug-likeness (QED) is 0.790. The van der Waals surface area contributed by atoms with Crippen LogP contribution in [0.25, 0.3) is 6.08 Å². The van der Waals surface area contributed by atoms with Crippen LogP contribution in [0.1, 0.15) is 19.4 Å². The van der Waals surface area contributed by atoms with E-state index < -0.39 is 0 Å². The Morgan fingerprint density at radius 3 is 2.56 bits per heavy atom. The highest BCUT2D eigenvalue weighted by molar-refractivity contribution is 5.52. The molecule has 0 aliphatic carbocycles. The molecule has 2 nitrogen and oxygen atoms in total. The van der Waals surface area contributed by atoms with Gasteiger partial charge in [0.2, 0.25) is 0 Å². The molecule has 2 heteroatoms. The van der Waals surface area contributed by atoms with Crippen molar-refractivity contribution < 1.29 is 4.74 Å². The lowest BCUT2D eigenvalue weighted by Gasteiger charge is -2.40. The number of rotatable bonds is 5. The van der Waals surface area contributed by atoms with Gasteiger partial charge < -0.3 is 9.64 Å². The highest BCUT2D eigenvalue weighted by Crippen LogP contribution is 2.27. The topological polar surface area (TPSA) is 12.5 Å². The molecule has 98 valence electrons. The Bertz CT molecular complexity index is 406. The van der Waals surface area contributed by atoms with Crippen molar-refractivity contribution in [3.63, 3.8) is 0 Å². The fourth-order valence-corrected chi connectivity index (χ4v) is 2.55. The molecule has 0 unspecified atom stereocenters. The molecule has 0 aromatic heterocycles. The lowest BCUT2D eigenvalue weighted by atomic mass is 9.88. The van der Waals surface area contributed by atoms with Gasteiger partial charge >= 0.3 is 0 Å². The minimum Gasteiger partial charge on any atom is -0.380 e. The molecule has 0 saturated carbocycles. The Balaban J connectivity index is 1.86. The summed E-state index contributed by atoms with van der Waals surface area (Å²) in [5, 5.41) is 0. The second-order valence-electron chi connectivity index (χ2n) is 5.88. The van der Waals surface area contributed by atoms with Crippen molar-refractivity contribution in [1.29, 1.82) is 0 Å². The summed E-state index contributed by atoms with van der Waals surface area (Å²) in [6.45, 7) is 8.42. The molecule has 0 radical (unpaired) electrons. The zero-order valence-electron chi connectivity index (χ0n) is 11.6. The van der Waals surface area contributed by atoms with Crippen LogP contribution >= 0.6 is 0 Å². The first-order chi connectivity index (χ1) is 8.57. The molecule has 0 amide bonds. The fourth-order valence-electron chi connectivity index (χ4n) is 2.55. The summed E-state index contributed by atoms with van der Waals surface area (Å²) < 4.78 is 5.30. The first-order valence-corrected chi connectivity index (χ1v) is 6.56. The van der Waals surface area contributed by atoms with E-state index in [1.54, 1.807) is 0 Å². The first-order valence-electron chi connectivity index (χ1n) is 6.56. The van der Waals surface area contributed by atoms with Crippen molar-refractivity contribution in [3.8, 4) is 0 Å². The van der Waals surface area contributed by atoms with E-state index >= 15 is 0 Å². The number of hydrogen-bond acceptors (Lipinski definition) is 2. The van der Waals surface area contributed by atoms with Crippen LogP contribution in [-0.4, -0.2) is 38.3 Å². The summed E-state index contributed by atoms with van der Waals surface area (Å²) in [7, 11) is 2.19. The third-order valence-electron chi connectivity index (χ3n) is 3.28. The van der Waals surface area contributed by atoms with Gasteiger partial charge in [0.25, 0.3) is 0 Å². The van der Waals surface area contributed by atoms with Crippen LogP contribution < -0.4 is 0 Å². The monoisotopic (exact) mass is 245 g/mol. The van der Waals surface area contributed by atoms with Crippen LogP contribution in [0.15, 0.2) is 35.9 Å². The zero-order chi connectivity index (χ0) is 13.0. The Hall–Kier alpha value is -1.12. The van der Waals surface area contributed by atoms with Crippen molar-refractivity contribution in [3.05, 3.63) is 41.5 Å². The van der Waals surface area contributed by atoms with Crippen LogP contribution in [0.5, 0.6) is 0 Å². The third-order valence-corrected chi connectivity index (χ3v) is 3.28. The van der Waals surface area contributed by atoms with Crippen LogP contribution in [0.3, 0.4) is 0 Å². The summed E-state index contributed by atoms with van der Waals surface area (Å²) in [6, 6.07) is 10.5. The molecule has 1 aromatic carbocycles. The van der Waals surface area contributed by atoms with Crippen molar-refractivity contribution in [2.24, 2.45) is 5.41 Å². The lowest BCUT2D eigenvalue weighted by molar-refractivity contribution is -0.111. The van der Waals surface area contributed by atoms with Crippen molar-refractivity contribution in [2.75, 3.05) is 33.4 Å². The van der Waals surface area contributed by atoms with E-state index in [1.807, 2.05) is 0 Å². The van der Waals surface area contributed by atoms with Gasteiger partial charge in [0, 0.05) is 18.5 Å². The van der Waals surface area contributed by atoms with Crippen LogP contribution in [0.4, 0.5) is 0 Å². The standard InChI is InChI=1S/C16H23NO/c1-14(9-15-7-5-4-6-8-15)10-17(3)11-16(2)12-18-13-16/h4-9H,10-13H2,1-3H3/b14-9+. The van der Waals surface area contributed by atoms with Gasteiger partial charge in [-0.1, -0.05) is 48.9 Å². The molecule has 1 aliphatic heterocycles. The molecule has 2 rings (SSSR count). The van der Waals surface area contributed by atoms with E-state index in [0.717, 1.165) is 26.3 Å². The smallest absolute Gasteiger partial charge is 0.0554 e. The molecular weight excluding hydrogens is 222 g/mol. The van der Waals surface area contributed by atoms with Crippen LogP contribution in [-0.2, 0) is 4.74 Å². The molecule has 18 heavy (non-hydrogen) atoms. The lowest BCUT2D eigenvalue weighted by Crippen LogP contribution is -2.48. The number of ether oxygens (including phenoxy) is 1. The summed E-state index contributed by atoms with van der Waals surface area (Å²) in [5.74, 6) is 0. The molecular formula is C16H23NO. The highest BCUT2D eigenvalue weighted by Gasteiger charge is 2.34. The summed E-state index contributed by atoms with van der Waals surface area (Å²) >= 11 is 0. The maximum atomic E-state index is 5.30. The molecule has 0 bridgehead atoms. The molecule has 1 aliphatic rings. The van der Waals surface area contributed by atoms with Gasteiger partial charge in [0.05, 0.1) is 13.2 Å². The Morgan fingerprint density at radius 1 is 1.33 bits per heavy atom. The average molecular weight is 245 g/mol. The predicted octanol–water partition coefficient (Wildman–Crippen LogP) is 3.06. The Morgan fingerprint density at radius 2 is 2.00 bits per heavy atom. The van der Waals surface area contributed by atoms with E-state index in [2.05, 4.69) is 62.2 Å². The number of benzene rings is 1. The largest absolute Gasteiger partial charge is 0.380 e. The maximum Gasteiger partial charge on any atom is 0.0554 e. The molecule has 0 spiro atoms. The second kappa shape index (κ2) is 5.68. The van der Waals surface area contributed by atoms with Gasteiger partial charge in [-0.2, -0.15) is 0 Å². The van der Waals surface area contributed by atoms with Crippen molar-refractivity contribution in [1.82, 2.24) is 4.90 Å². The van der Waals surface area contributed by atoms with Gasteiger partial charge in [-0.25, -0.2) is 0 Å². The summed E-state index contributed by atoms with van der Waals surface area (Å²) in [6.07, 6.45) is 2.26. The van der Waals surface area contributed by atoms with E-state index in [4.69, 9.17) is 4.74 Å². The highest BCUT2D eigenvalue weighted by atomic mass is 16.5. The van der Waals surface area contributed by atoms with Crippen molar-refractivity contribution >= 4 is 6.08 Å². The Labute approximate surface area is 110 Å². The normalized spacial score (nSPS) is 18.8. The van der Waals surface area contributed by atoms with Gasteiger partial charge in [-0.3, -0.25) is 0 Å². The summed E-state index contributed by atoms with van der Waals surface area (Å²) in [5.41, 5.74) is 3.04. The van der Waals surface area contributed by atoms with E-state index in [9.17, 15) is 0 Å². The fraction of sp³-hybridized carbons (Fsp3) is 0.500. The molecule has 1 fully saturated rings. The number of hydrogen-bond donors (Lipinski definition) is 0. The molecule has 1 saturated heterocycles. The van der Waals surface area contributed by atoms with Gasteiger partial charge in [0.1, 0.15) is 0 Å². The van der Waals surface area contributed by atoms with E-state index in [1.165, 1.54) is 11.1 Å². The SMILES string of the molecule is C/C(=C\c1ccccc1)CN(C)CC1(C)COC1. The van der Waals surface area contributed by atoms with Crippen LogP contribution in [0.2, 0.25) is 0 Å². The minimum absolute atomic E-state index is 0.363. The average Bonchev–Trinajstić information content (AvgIpc) is 2.27. The zero-order valence-corrected chi connectivity index (χ0v) is 11.6. The van der Waals surface area contributed by atoms with Crippen molar-refractivity contribution in [2.45, 2.75) is 13.8 Å². The van der Waals surface area contributed by atoms with E-state index in [0.29, 0.717) is 5.41 Å². The maximum absolute atomic E-state index is 5.30. The Kier molecular flexibility index (Phi) is 4.20. The third kappa shape index (κ3) is 3.69. The van der Waals surface area contributed by atoms with Crippen LogP contribution in [0, 0.1) is 5.41 Å². The predicted molar refractivity (Wildman–Crippen MR) is 76.5 cm³/mol. The number of nitrogens with zero attached hydrogens (tertiary/aromatic N) is 1. The van der Waals surface area contributed by atoms with Gasteiger partial charge in [0.15, 0.2) is 0 Å².